The van der Waals surface area contributed by atoms with Crippen LogP contribution in [0.5, 0.6) is 0 Å². The molecule has 2 heterocycles. The van der Waals surface area contributed by atoms with Gasteiger partial charge in [0.05, 0.1) is 6.61 Å². The van der Waals surface area contributed by atoms with Crippen molar-refractivity contribution in [3.8, 4) is 0 Å². The average Bonchev–Trinajstić information content (AvgIpc) is 2.75. The lowest BCUT2D eigenvalue weighted by Gasteiger charge is -2.22. The van der Waals surface area contributed by atoms with Gasteiger partial charge in [-0.2, -0.15) is 0 Å². The van der Waals surface area contributed by atoms with Crippen molar-refractivity contribution in [1.29, 1.82) is 0 Å². The number of ether oxygens (including phenoxy) is 1. The standard InChI is InChI=1S/C11H20N4O/c1-16-6-5-15-9-13-14-11(15)7-10-3-2-4-12-8-10/h9-10,12H,2-8H2,1H3. The number of nitrogens with one attached hydrogen (secondary N) is 1. The zero-order valence-corrected chi connectivity index (χ0v) is 9.85. The second kappa shape index (κ2) is 5.96. The second-order valence-corrected chi connectivity index (χ2v) is 4.35. The fourth-order valence-electron chi connectivity index (χ4n) is 2.17. The quantitative estimate of drug-likeness (QED) is 0.790. The molecule has 1 atom stereocenters. The van der Waals surface area contributed by atoms with Gasteiger partial charge < -0.3 is 14.6 Å². The van der Waals surface area contributed by atoms with Crippen LogP contribution in [-0.2, 0) is 17.7 Å². The molecular weight excluding hydrogens is 204 g/mol. The molecule has 1 aliphatic rings. The summed E-state index contributed by atoms with van der Waals surface area (Å²) in [6.45, 7) is 3.83. The van der Waals surface area contributed by atoms with Gasteiger partial charge in [-0.15, -0.1) is 10.2 Å². The average molecular weight is 224 g/mol. The Morgan fingerprint density at radius 1 is 1.62 bits per heavy atom. The van der Waals surface area contributed by atoms with E-state index in [9.17, 15) is 0 Å². The van der Waals surface area contributed by atoms with Gasteiger partial charge in [0.1, 0.15) is 12.2 Å². The molecule has 16 heavy (non-hydrogen) atoms. The van der Waals surface area contributed by atoms with Gasteiger partial charge >= 0.3 is 0 Å². The molecule has 0 spiro atoms. The SMILES string of the molecule is COCCn1cnnc1CC1CCCNC1. The monoisotopic (exact) mass is 224 g/mol. The highest BCUT2D eigenvalue weighted by Gasteiger charge is 2.16. The largest absolute Gasteiger partial charge is 0.383 e. The van der Waals surface area contributed by atoms with Crippen LogP contribution in [0.1, 0.15) is 18.7 Å². The summed E-state index contributed by atoms with van der Waals surface area (Å²) in [5.74, 6) is 1.80. The molecule has 5 heteroatoms. The Morgan fingerprint density at radius 3 is 3.31 bits per heavy atom. The van der Waals surface area contributed by atoms with E-state index in [2.05, 4.69) is 20.1 Å². The number of nitrogens with zero attached hydrogens (tertiary/aromatic N) is 3. The summed E-state index contributed by atoms with van der Waals surface area (Å²) in [7, 11) is 1.72. The van der Waals surface area contributed by atoms with E-state index in [1.165, 1.54) is 12.8 Å². The minimum atomic E-state index is 0.708. The van der Waals surface area contributed by atoms with Crippen molar-refractivity contribution >= 4 is 0 Å². The lowest BCUT2D eigenvalue weighted by molar-refractivity contribution is 0.185. The maximum absolute atomic E-state index is 5.07. The molecule has 1 N–H and O–H groups in total. The predicted octanol–water partition coefficient (Wildman–Crippen LogP) is 0.467. The molecule has 0 saturated carbocycles. The first-order chi connectivity index (χ1) is 7.90. The Balaban J connectivity index is 1.89. The Hall–Kier alpha value is -0.940. The van der Waals surface area contributed by atoms with E-state index in [1.807, 2.05) is 0 Å². The van der Waals surface area contributed by atoms with Gasteiger partial charge in [0, 0.05) is 20.1 Å². The molecule has 0 amide bonds. The van der Waals surface area contributed by atoms with Crippen molar-refractivity contribution in [2.24, 2.45) is 5.92 Å². The van der Waals surface area contributed by atoms with E-state index >= 15 is 0 Å². The molecule has 90 valence electrons. The third-order valence-electron chi connectivity index (χ3n) is 3.10. The number of hydrogen-bond donors (Lipinski definition) is 1. The Labute approximate surface area is 96.2 Å². The molecule has 1 aromatic heterocycles. The second-order valence-electron chi connectivity index (χ2n) is 4.35. The first-order valence-corrected chi connectivity index (χ1v) is 5.96. The lowest BCUT2D eigenvalue weighted by atomic mass is 9.96. The van der Waals surface area contributed by atoms with Crippen molar-refractivity contribution in [1.82, 2.24) is 20.1 Å². The van der Waals surface area contributed by atoms with Crippen LogP contribution in [0, 0.1) is 5.92 Å². The predicted molar refractivity (Wildman–Crippen MR) is 61.2 cm³/mol. The zero-order chi connectivity index (χ0) is 11.2. The lowest BCUT2D eigenvalue weighted by Crippen LogP contribution is -2.31. The summed E-state index contributed by atoms with van der Waals surface area (Å²) in [5, 5.41) is 11.6. The van der Waals surface area contributed by atoms with Crippen LogP contribution >= 0.6 is 0 Å². The highest BCUT2D eigenvalue weighted by molar-refractivity contribution is 4.89. The molecule has 2 rings (SSSR count). The maximum atomic E-state index is 5.07. The van der Waals surface area contributed by atoms with Crippen LogP contribution in [0.3, 0.4) is 0 Å². The molecular formula is C11H20N4O. The fraction of sp³-hybridized carbons (Fsp3) is 0.818. The fourth-order valence-corrected chi connectivity index (χ4v) is 2.17. The number of methoxy groups -OCH3 is 1. The molecule has 0 radical (unpaired) electrons. The molecule has 0 aliphatic carbocycles. The van der Waals surface area contributed by atoms with Crippen molar-refractivity contribution in [2.75, 3.05) is 26.8 Å². The molecule has 1 saturated heterocycles. The van der Waals surface area contributed by atoms with Gasteiger partial charge in [-0.25, -0.2) is 0 Å². The van der Waals surface area contributed by atoms with E-state index in [0.29, 0.717) is 12.5 Å². The third kappa shape index (κ3) is 3.02. The normalized spacial score (nSPS) is 21.2. The molecule has 1 aromatic rings. The number of aromatic nitrogens is 3. The Bertz CT molecular complexity index is 307. The van der Waals surface area contributed by atoms with Gasteiger partial charge in [0.25, 0.3) is 0 Å². The van der Waals surface area contributed by atoms with Crippen LogP contribution in [0.2, 0.25) is 0 Å². The third-order valence-corrected chi connectivity index (χ3v) is 3.10. The number of hydrogen-bond acceptors (Lipinski definition) is 4. The minimum Gasteiger partial charge on any atom is -0.383 e. The number of piperidine rings is 1. The first kappa shape index (κ1) is 11.5. The highest BCUT2D eigenvalue weighted by Crippen LogP contribution is 2.14. The summed E-state index contributed by atoms with van der Waals surface area (Å²) >= 11 is 0. The van der Waals surface area contributed by atoms with Gasteiger partial charge in [-0.1, -0.05) is 0 Å². The Morgan fingerprint density at radius 2 is 2.56 bits per heavy atom. The molecule has 1 fully saturated rings. The van der Waals surface area contributed by atoms with Crippen molar-refractivity contribution in [2.45, 2.75) is 25.8 Å². The summed E-state index contributed by atoms with van der Waals surface area (Å²) in [5.41, 5.74) is 0. The van der Waals surface area contributed by atoms with Crippen LogP contribution in [0.15, 0.2) is 6.33 Å². The van der Waals surface area contributed by atoms with Gasteiger partial charge in [0.2, 0.25) is 0 Å². The summed E-state index contributed by atoms with van der Waals surface area (Å²) in [6.07, 6.45) is 5.39. The topological polar surface area (TPSA) is 52.0 Å². The zero-order valence-electron chi connectivity index (χ0n) is 9.85. The molecule has 1 aliphatic heterocycles. The van der Waals surface area contributed by atoms with Gasteiger partial charge in [-0.3, -0.25) is 0 Å². The molecule has 1 unspecified atom stereocenters. The summed E-state index contributed by atoms with van der Waals surface area (Å²) < 4.78 is 7.17. The van der Waals surface area contributed by atoms with Crippen LogP contribution in [0.25, 0.3) is 0 Å². The van der Waals surface area contributed by atoms with Crippen LogP contribution in [-0.4, -0.2) is 41.6 Å². The molecule has 5 nitrogen and oxygen atoms in total. The molecule has 0 bridgehead atoms. The van der Waals surface area contributed by atoms with Gasteiger partial charge in [-0.05, 0) is 31.8 Å². The van der Waals surface area contributed by atoms with Crippen LogP contribution < -0.4 is 5.32 Å². The molecule has 0 aromatic carbocycles. The summed E-state index contributed by atoms with van der Waals surface area (Å²) in [6, 6.07) is 0. The number of rotatable bonds is 5. The smallest absolute Gasteiger partial charge is 0.133 e. The van der Waals surface area contributed by atoms with Gasteiger partial charge in [0.15, 0.2) is 0 Å². The van der Waals surface area contributed by atoms with E-state index < -0.39 is 0 Å². The van der Waals surface area contributed by atoms with Crippen molar-refractivity contribution in [3.63, 3.8) is 0 Å². The van der Waals surface area contributed by atoms with Crippen molar-refractivity contribution < 1.29 is 4.74 Å². The van der Waals surface area contributed by atoms with E-state index in [-0.39, 0.29) is 0 Å². The van der Waals surface area contributed by atoms with Crippen LogP contribution in [0.4, 0.5) is 0 Å². The van der Waals surface area contributed by atoms with E-state index in [0.717, 1.165) is 31.9 Å². The summed E-state index contributed by atoms with van der Waals surface area (Å²) in [4.78, 5) is 0. The highest BCUT2D eigenvalue weighted by atomic mass is 16.5. The van der Waals surface area contributed by atoms with Crippen molar-refractivity contribution in [3.05, 3.63) is 12.2 Å². The maximum Gasteiger partial charge on any atom is 0.133 e. The van der Waals surface area contributed by atoms with E-state index in [1.54, 1.807) is 13.4 Å². The Kier molecular flexibility index (Phi) is 4.30. The first-order valence-electron chi connectivity index (χ1n) is 5.96. The minimum absolute atomic E-state index is 0.708. The van der Waals surface area contributed by atoms with E-state index in [4.69, 9.17) is 4.74 Å².